The van der Waals surface area contributed by atoms with Gasteiger partial charge in [-0.05, 0) is 19.2 Å². The van der Waals surface area contributed by atoms with Crippen molar-refractivity contribution < 1.29 is 23.4 Å². The van der Waals surface area contributed by atoms with Gasteiger partial charge in [-0.1, -0.05) is 0 Å². The summed E-state index contributed by atoms with van der Waals surface area (Å²) in [5, 5.41) is 12.8. The molecule has 1 atom stereocenters. The maximum atomic E-state index is 13.5. The van der Waals surface area contributed by atoms with Crippen LogP contribution in [0.5, 0.6) is 11.5 Å². The summed E-state index contributed by atoms with van der Waals surface area (Å²) in [5.41, 5.74) is 0.130. The van der Waals surface area contributed by atoms with Crippen molar-refractivity contribution in [3.8, 4) is 11.5 Å². The molecular formula is C13H17F2NO3. The van der Waals surface area contributed by atoms with Crippen molar-refractivity contribution in [3.05, 3.63) is 23.3 Å². The fourth-order valence-corrected chi connectivity index (χ4v) is 1.99. The van der Waals surface area contributed by atoms with Crippen molar-refractivity contribution in [2.45, 2.75) is 19.0 Å². The van der Waals surface area contributed by atoms with Crippen molar-refractivity contribution >= 4 is 0 Å². The molecule has 0 saturated carbocycles. The molecule has 0 spiro atoms. The van der Waals surface area contributed by atoms with Crippen molar-refractivity contribution in [2.75, 3.05) is 26.8 Å². The van der Waals surface area contributed by atoms with E-state index in [1.807, 2.05) is 0 Å². The highest BCUT2D eigenvalue weighted by Crippen LogP contribution is 2.41. The smallest absolute Gasteiger partial charge is 0.270 e. The lowest BCUT2D eigenvalue weighted by Gasteiger charge is -2.25. The average molecular weight is 273 g/mol. The van der Waals surface area contributed by atoms with Crippen LogP contribution in [-0.4, -0.2) is 31.9 Å². The van der Waals surface area contributed by atoms with Crippen LogP contribution in [0, 0.1) is 0 Å². The highest BCUT2D eigenvalue weighted by molar-refractivity contribution is 5.52. The van der Waals surface area contributed by atoms with Gasteiger partial charge in [-0.3, -0.25) is 0 Å². The van der Waals surface area contributed by atoms with Crippen LogP contribution in [-0.2, 0) is 5.92 Å². The van der Waals surface area contributed by atoms with Gasteiger partial charge in [-0.25, -0.2) is 8.78 Å². The summed E-state index contributed by atoms with van der Waals surface area (Å²) in [6.07, 6.45) is -0.928. The Bertz CT molecular complexity index is 460. The zero-order chi connectivity index (χ0) is 14.0. The number of aliphatic hydroxyl groups excluding tert-OH is 1. The predicted molar refractivity (Wildman–Crippen MR) is 65.9 cm³/mol. The fourth-order valence-electron chi connectivity index (χ4n) is 1.99. The lowest BCUT2D eigenvalue weighted by Crippen LogP contribution is -2.22. The number of benzene rings is 1. The molecule has 1 aromatic rings. The molecule has 106 valence electrons. The van der Waals surface area contributed by atoms with E-state index in [0.29, 0.717) is 24.5 Å². The maximum absolute atomic E-state index is 13.5. The van der Waals surface area contributed by atoms with Gasteiger partial charge in [0, 0.05) is 24.6 Å². The third-order valence-corrected chi connectivity index (χ3v) is 2.93. The summed E-state index contributed by atoms with van der Waals surface area (Å²) >= 11 is 0. The second-order valence-electron chi connectivity index (χ2n) is 4.55. The molecule has 1 aliphatic rings. The number of rotatable bonds is 4. The number of hydrogen-bond acceptors (Lipinski definition) is 4. The molecule has 2 N–H and O–H groups in total. The largest absolute Gasteiger partial charge is 0.486 e. The van der Waals surface area contributed by atoms with E-state index in [-0.39, 0.29) is 17.9 Å². The Balaban J connectivity index is 2.49. The van der Waals surface area contributed by atoms with Gasteiger partial charge in [0.25, 0.3) is 5.92 Å². The first-order valence-electron chi connectivity index (χ1n) is 6.08. The van der Waals surface area contributed by atoms with Gasteiger partial charge in [-0.2, -0.15) is 0 Å². The number of nitrogens with one attached hydrogen (secondary N) is 1. The highest BCUT2D eigenvalue weighted by Gasteiger charge is 2.30. The molecule has 0 amide bonds. The Kier molecular flexibility index (Phi) is 3.91. The molecule has 19 heavy (non-hydrogen) atoms. The van der Waals surface area contributed by atoms with Crippen molar-refractivity contribution in [3.63, 3.8) is 0 Å². The van der Waals surface area contributed by atoms with E-state index in [9.17, 15) is 13.9 Å². The molecule has 0 fully saturated rings. The first-order valence-corrected chi connectivity index (χ1v) is 6.08. The Morgan fingerprint density at radius 3 is 2.68 bits per heavy atom. The number of likely N-dealkylation sites (N-methyl/N-ethyl adjacent to an activating group) is 1. The summed E-state index contributed by atoms with van der Waals surface area (Å²) in [6.45, 7) is 1.71. The van der Waals surface area contributed by atoms with Crippen LogP contribution in [0.2, 0.25) is 0 Å². The summed E-state index contributed by atoms with van der Waals surface area (Å²) in [5.74, 6) is -2.39. The van der Waals surface area contributed by atoms with Crippen molar-refractivity contribution in [2.24, 2.45) is 0 Å². The Hall–Kier alpha value is -1.40. The van der Waals surface area contributed by atoms with Gasteiger partial charge in [0.1, 0.15) is 13.2 Å². The van der Waals surface area contributed by atoms with E-state index in [1.54, 1.807) is 7.05 Å². The standard InChI is InChI=1S/C13H17F2NO3/c1-13(14,15)8-5-9(10(17)7-16-2)12-11(6-8)18-3-4-19-12/h5-6,10,16-17H,3-4,7H2,1-2H3. The van der Waals surface area contributed by atoms with Gasteiger partial charge in [-0.15, -0.1) is 0 Å². The number of halogens is 2. The van der Waals surface area contributed by atoms with E-state index in [4.69, 9.17) is 9.47 Å². The minimum absolute atomic E-state index is 0.193. The molecule has 4 nitrogen and oxygen atoms in total. The second-order valence-corrected chi connectivity index (χ2v) is 4.55. The van der Waals surface area contributed by atoms with E-state index >= 15 is 0 Å². The van der Waals surface area contributed by atoms with Crippen molar-refractivity contribution in [1.82, 2.24) is 5.32 Å². The summed E-state index contributed by atoms with van der Waals surface area (Å²) in [4.78, 5) is 0. The van der Waals surface area contributed by atoms with Gasteiger partial charge in [0.15, 0.2) is 11.5 Å². The summed E-state index contributed by atoms with van der Waals surface area (Å²) < 4.78 is 37.7. The number of fused-ring (bicyclic) bond motifs is 1. The minimum atomic E-state index is -3.00. The van der Waals surface area contributed by atoms with Crippen LogP contribution in [0.1, 0.15) is 24.2 Å². The van der Waals surface area contributed by atoms with Gasteiger partial charge < -0.3 is 19.9 Å². The number of ether oxygens (including phenoxy) is 2. The fraction of sp³-hybridized carbons (Fsp3) is 0.538. The molecule has 0 saturated heterocycles. The molecule has 1 unspecified atom stereocenters. The van der Waals surface area contributed by atoms with E-state index in [2.05, 4.69) is 5.32 Å². The SMILES string of the molecule is CNCC(O)c1cc(C(C)(F)F)cc2c1OCCO2. The zero-order valence-corrected chi connectivity index (χ0v) is 10.9. The van der Waals surface area contributed by atoms with E-state index < -0.39 is 12.0 Å². The van der Waals surface area contributed by atoms with E-state index in [0.717, 1.165) is 6.92 Å². The lowest BCUT2D eigenvalue weighted by atomic mass is 10.00. The normalized spacial score (nSPS) is 16.3. The maximum Gasteiger partial charge on any atom is 0.270 e. The number of hydrogen-bond donors (Lipinski definition) is 2. The highest BCUT2D eigenvalue weighted by atomic mass is 19.3. The third-order valence-electron chi connectivity index (χ3n) is 2.93. The van der Waals surface area contributed by atoms with Gasteiger partial charge in [0.2, 0.25) is 0 Å². The topological polar surface area (TPSA) is 50.7 Å². The van der Waals surface area contributed by atoms with Gasteiger partial charge >= 0.3 is 0 Å². The van der Waals surface area contributed by atoms with Crippen LogP contribution < -0.4 is 14.8 Å². The molecule has 0 aromatic heterocycles. The molecule has 1 aliphatic heterocycles. The van der Waals surface area contributed by atoms with Crippen LogP contribution >= 0.6 is 0 Å². The van der Waals surface area contributed by atoms with Crippen LogP contribution in [0.4, 0.5) is 8.78 Å². The Morgan fingerprint density at radius 1 is 1.37 bits per heavy atom. The summed E-state index contributed by atoms with van der Waals surface area (Å²) in [7, 11) is 1.67. The molecule has 0 aliphatic carbocycles. The summed E-state index contributed by atoms with van der Waals surface area (Å²) in [6, 6.07) is 2.54. The molecule has 1 heterocycles. The Morgan fingerprint density at radius 2 is 2.05 bits per heavy atom. The van der Waals surface area contributed by atoms with Crippen molar-refractivity contribution in [1.29, 1.82) is 0 Å². The van der Waals surface area contributed by atoms with Crippen LogP contribution in [0.3, 0.4) is 0 Å². The Labute approximate surface area is 110 Å². The second kappa shape index (κ2) is 5.30. The zero-order valence-electron chi connectivity index (χ0n) is 10.9. The quantitative estimate of drug-likeness (QED) is 0.878. The van der Waals surface area contributed by atoms with Crippen LogP contribution in [0.25, 0.3) is 0 Å². The predicted octanol–water partition coefficient (Wildman–Crippen LogP) is 1.82. The first kappa shape index (κ1) is 14.0. The molecular weight excluding hydrogens is 256 g/mol. The molecule has 0 bridgehead atoms. The number of aliphatic hydroxyl groups is 1. The van der Waals surface area contributed by atoms with Gasteiger partial charge in [0.05, 0.1) is 6.10 Å². The number of alkyl halides is 2. The lowest BCUT2D eigenvalue weighted by molar-refractivity contribution is 0.0165. The minimum Gasteiger partial charge on any atom is -0.486 e. The average Bonchev–Trinajstić information content (AvgIpc) is 2.36. The molecule has 6 heteroatoms. The molecule has 2 rings (SSSR count). The molecule has 0 radical (unpaired) electrons. The molecule has 1 aromatic carbocycles. The van der Waals surface area contributed by atoms with E-state index in [1.165, 1.54) is 12.1 Å². The van der Waals surface area contributed by atoms with Crippen LogP contribution in [0.15, 0.2) is 12.1 Å². The third kappa shape index (κ3) is 2.96. The monoisotopic (exact) mass is 273 g/mol. The first-order chi connectivity index (χ1) is 8.93.